The van der Waals surface area contributed by atoms with Gasteiger partial charge in [0.05, 0.1) is 0 Å². The van der Waals surface area contributed by atoms with Gasteiger partial charge < -0.3 is 0 Å². The molecule has 0 spiro atoms. The minimum absolute atomic E-state index is 0.725. The molecule has 0 aromatic heterocycles. The van der Waals surface area contributed by atoms with Crippen molar-refractivity contribution in [2.75, 3.05) is 0 Å². The van der Waals surface area contributed by atoms with Crippen LogP contribution in [0.15, 0.2) is 46.9 Å². The van der Waals surface area contributed by atoms with Crippen molar-refractivity contribution in [1.82, 2.24) is 0 Å². The van der Waals surface area contributed by atoms with Gasteiger partial charge in [-0.25, -0.2) is 0 Å². The van der Waals surface area contributed by atoms with Gasteiger partial charge in [0.15, 0.2) is 0 Å². The minimum atomic E-state index is 0.725. The summed E-state index contributed by atoms with van der Waals surface area (Å²) < 4.78 is 1.02. The van der Waals surface area contributed by atoms with Crippen LogP contribution < -0.4 is 0 Å². The number of hydrogen-bond acceptors (Lipinski definition) is 0. The Morgan fingerprint density at radius 3 is 2.07 bits per heavy atom. The Balaban J connectivity index is 2.53. The van der Waals surface area contributed by atoms with Crippen molar-refractivity contribution in [3.8, 4) is 11.1 Å². The highest BCUT2D eigenvalue weighted by Crippen LogP contribution is 2.31. The van der Waals surface area contributed by atoms with Crippen LogP contribution in [0.3, 0.4) is 0 Å². The zero-order valence-corrected chi connectivity index (χ0v) is 10.8. The van der Waals surface area contributed by atoms with E-state index in [0.717, 1.165) is 25.6 Å². The molecule has 2 aromatic rings. The van der Waals surface area contributed by atoms with E-state index < -0.39 is 0 Å². The molecule has 0 radical (unpaired) electrons. The van der Waals surface area contributed by atoms with Crippen LogP contribution in [0.5, 0.6) is 0 Å². The summed E-state index contributed by atoms with van der Waals surface area (Å²) in [4.78, 5) is 0. The van der Waals surface area contributed by atoms with Gasteiger partial charge in [0.1, 0.15) is 0 Å². The highest BCUT2D eigenvalue weighted by molar-refractivity contribution is 9.10. The molecule has 0 saturated heterocycles. The second-order valence-corrected chi connectivity index (χ2v) is 4.86. The van der Waals surface area contributed by atoms with Crippen LogP contribution in [0.2, 0.25) is 10.0 Å². The number of benzene rings is 2. The van der Waals surface area contributed by atoms with Gasteiger partial charge in [0.2, 0.25) is 0 Å². The van der Waals surface area contributed by atoms with Gasteiger partial charge in [-0.2, -0.15) is 0 Å². The minimum Gasteiger partial charge on any atom is -0.0843 e. The summed E-state index contributed by atoms with van der Waals surface area (Å²) in [6.07, 6.45) is 0. The van der Waals surface area contributed by atoms with E-state index in [0.29, 0.717) is 0 Å². The number of hydrogen-bond donors (Lipinski definition) is 0. The molecule has 0 aliphatic rings. The van der Waals surface area contributed by atoms with Gasteiger partial charge in [0.25, 0.3) is 0 Å². The highest BCUT2D eigenvalue weighted by atomic mass is 79.9. The summed E-state index contributed by atoms with van der Waals surface area (Å²) in [5.41, 5.74) is 2.16. The molecule has 76 valence electrons. The summed E-state index contributed by atoms with van der Waals surface area (Å²) in [5, 5.41) is 1.46. The Morgan fingerprint density at radius 1 is 0.800 bits per heavy atom. The molecule has 0 aliphatic carbocycles. The molecule has 2 aromatic carbocycles. The maximum Gasteiger partial charge on any atom is 0.0412 e. The van der Waals surface area contributed by atoms with Gasteiger partial charge >= 0.3 is 0 Å². The third kappa shape index (κ3) is 2.54. The van der Waals surface area contributed by atoms with Crippen molar-refractivity contribution < 1.29 is 0 Å². The zero-order valence-electron chi connectivity index (χ0n) is 7.68. The van der Waals surface area contributed by atoms with Crippen molar-refractivity contribution in [2.24, 2.45) is 0 Å². The van der Waals surface area contributed by atoms with Gasteiger partial charge in [-0.1, -0.05) is 51.3 Å². The Hall–Kier alpha value is -0.500. The average Bonchev–Trinajstić information content (AvgIpc) is 2.23. The molecule has 0 N–H and O–H groups in total. The summed E-state index contributed by atoms with van der Waals surface area (Å²) in [7, 11) is 0. The molecule has 0 atom stereocenters. The summed E-state index contributed by atoms with van der Waals surface area (Å²) >= 11 is 15.3. The van der Waals surface area contributed by atoms with Crippen LogP contribution in [-0.2, 0) is 0 Å². The maximum absolute atomic E-state index is 5.95. The normalized spacial score (nSPS) is 10.3. The lowest BCUT2D eigenvalue weighted by atomic mass is 10.1. The lowest BCUT2D eigenvalue weighted by Gasteiger charge is -2.05. The molecular weight excluding hydrogens is 295 g/mol. The van der Waals surface area contributed by atoms with E-state index in [2.05, 4.69) is 15.9 Å². The molecule has 2 rings (SSSR count). The van der Waals surface area contributed by atoms with Crippen molar-refractivity contribution in [3.63, 3.8) is 0 Å². The first-order valence-corrected chi connectivity index (χ1v) is 5.93. The standard InChI is InChI=1S/C12H7BrCl2/c13-12-6-5-10(15)7-11(12)8-1-3-9(14)4-2-8/h1-7H. The van der Waals surface area contributed by atoms with Crippen LogP contribution in [0.25, 0.3) is 11.1 Å². The first kappa shape index (κ1) is 11.0. The van der Waals surface area contributed by atoms with E-state index in [1.807, 2.05) is 42.5 Å². The fourth-order valence-electron chi connectivity index (χ4n) is 1.35. The lowest BCUT2D eigenvalue weighted by Crippen LogP contribution is -1.79. The third-order valence-electron chi connectivity index (χ3n) is 2.08. The fourth-order valence-corrected chi connectivity index (χ4v) is 2.12. The Bertz CT molecular complexity index is 477. The van der Waals surface area contributed by atoms with Crippen LogP contribution in [0, 0.1) is 0 Å². The van der Waals surface area contributed by atoms with Crippen molar-refractivity contribution in [1.29, 1.82) is 0 Å². The molecule has 0 aliphatic heterocycles. The van der Waals surface area contributed by atoms with Gasteiger partial charge in [-0.3, -0.25) is 0 Å². The third-order valence-corrected chi connectivity index (χ3v) is 3.26. The predicted molar refractivity (Wildman–Crippen MR) is 69.6 cm³/mol. The molecule has 0 fully saturated rings. The quantitative estimate of drug-likeness (QED) is 0.659. The van der Waals surface area contributed by atoms with Gasteiger partial charge in [-0.15, -0.1) is 0 Å². The first-order valence-electron chi connectivity index (χ1n) is 4.38. The zero-order chi connectivity index (χ0) is 10.8. The number of halogens is 3. The van der Waals surface area contributed by atoms with Gasteiger partial charge in [-0.05, 0) is 41.5 Å². The van der Waals surface area contributed by atoms with E-state index in [-0.39, 0.29) is 0 Å². The molecule has 3 heteroatoms. The smallest absolute Gasteiger partial charge is 0.0412 e. The van der Waals surface area contributed by atoms with E-state index in [1.54, 1.807) is 0 Å². The van der Waals surface area contributed by atoms with E-state index in [1.165, 1.54) is 0 Å². The molecule has 0 saturated carbocycles. The van der Waals surface area contributed by atoms with Crippen LogP contribution >= 0.6 is 39.1 Å². The van der Waals surface area contributed by atoms with Crippen LogP contribution in [0.1, 0.15) is 0 Å². The second-order valence-electron chi connectivity index (χ2n) is 3.13. The van der Waals surface area contributed by atoms with Crippen molar-refractivity contribution >= 4 is 39.1 Å². The predicted octanol–water partition coefficient (Wildman–Crippen LogP) is 5.42. The highest BCUT2D eigenvalue weighted by Gasteiger charge is 2.03. The molecule has 0 heterocycles. The molecule has 0 unspecified atom stereocenters. The average molecular weight is 302 g/mol. The van der Waals surface area contributed by atoms with Gasteiger partial charge in [0, 0.05) is 14.5 Å². The molecule has 15 heavy (non-hydrogen) atoms. The van der Waals surface area contributed by atoms with Crippen LogP contribution in [-0.4, -0.2) is 0 Å². The van der Waals surface area contributed by atoms with Crippen molar-refractivity contribution in [2.45, 2.75) is 0 Å². The monoisotopic (exact) mass is 300 g/mol. The first-order chi connectivity index (χ1) is 7.16. The summed E-state index contributed by atoms with van der Waals surface area (Å²) in [5.74, 6) is 0. The van der Waals surface area contributed by atoms with Crippen LogP contribution in [0.4, 0.5) is 0 Å². The largest absolute Gasteiger partial charge is 0.0843 e. The molecule has 0 amide bonds. The topological polar surface area (TPSA) is 0 Å². The van der Waals surface area contributed by atoms with E-state index >= 15 is 0 Å². The fraction of sp³-hybridized carbons (Fsp3) is 0. The SMILES string of the molecule is Clc1ccc(-c2cc(Cl)ccc2Br)cc1. The Kier molecular flexibility index (Phi) is 3.35. The molecule has 0 bridgehead atoms. The van der Waals surface area contributed by atoms with E-state index in [9.17, 15) is 0 Å². The summed E-state index contributed by atoms with van der Waals surface area (Å²) in [6, 6.07) is 13.4. The summed E-state index contributed by atoms with van der Waals surface area (Å²) in [6.45, 7) is 0. The number of rotatable bonds is 1. The second kappa shape index (κ2) is 4.56. The molecule has 0 nitrogen and oxygen atoms in total. The van der Waals surface area contributed by atoms with Crippen molar-refractivity contribution in [3.05, 3.63) is 57.0 Å². The van der Waals surface area contributed by atoms with E-state index in [4.69, 9.17) is 23.2 Å². The molecular formula is C12H7BrCl2. The Labute approximate surface area is 107 Å². The lowest BCUT2D eigenvalue weighted by molar-refractivity contribution is 1.58. The Morgan fingerprint density at radius 2 is 1.40 bits per heavy atom. The maximum atomic E-state index is 5.95.